The van der Waals surface area contributed by atoms with Gasteiger partial charge < -0.3 is 15.2 Å². The number of amides is 1. The fourth-order valence-electron chi connectivity index (χ4n) is 3.35. The molecule has 2 aromatic carbocycles. The van der Waals surface area contributed by atoms with Crippen LogP contribution in [0.3, 0.4) is 0 Å². The van der Waals surface area contributed by atoms with Gasteiger partial charge in [0.25, 0.3) is 5.91 Å². The molecule has 0 saturated carbocycles. The SMILES string of the molecule is CCOc1ccc(-c2c(C(=O)N/N=C(/C)c3ccccc3OCC)nnn2-c2nonc2N)cc1. The van der Waals surface area contributed by atoms with Crippen molar-refractivity contribution >= 4 is 17.4 Å². The number of aromatic nitrogens is 5. The van der Waals surface area contributed by atoms with Gasteiger partial charge in [-0.2, -0.15) is 9.78 Å². The normalized spacial score (nSPS) is 11.3. The number of hydrogen-bond acceptors (Lipinski definition) is 10. The van der Waals surface area contributed by atoms with E-state index in [2.05, 4.69) is 31.2 Å². The van der Waals surface area contributed by atoms with E-state index in [1.54, 1.807) is 31.2 Å². The van der Waals surface area contributed by atoms with Crippen LogP contribution in [0.25, 0.3) is 17.1 Å². The van der Waals surface area contributed by atoms with Crippen molar-refractivity contribution in [2.45, 2.75) is 20.8 Å². The van der Waals surface area contributed by atoms with E-state index in [-0.39, 0.29) is 17.3 Å². The first kappa shape index (κ1) is 23.4. The number of carbonyl (C=O) groups excluding carboxylic acids is 1. The third-order valence-corrected chi connectivity index (χ3v) is 4.92. The number of carbonyl (C=O) groups is 1. The molecule has 0 fully saturated rings. The Bertz CT molecular complexity index is 1340. The predicted molar refractivity (Wildman–Crippen MR) is 128 cm³/mol. The molecule has 12 heteroatoms. The topological polar surface area (TPSA) is 156 Å². The Balaban J connectivity index is 1.69. The van der Waals surface area contributed by atoms with Gasteiger partial charge >= 0.3 is 0 Å². The molecule has 0 saturated heterocycles. The number of rotatable bonds is 9. The van der Waals surface area contributed by atoms with E-state index in [0.29, 0.717) is 41.7 Å². The highest BCUT2D eigenvalue weighted by molar-refractivity contribution is 6.03. The molecule has 2 heterocycles. The maximum absolute atomic E-state index is 13.1. The third kappa shape index (κ3) is 4.95. The molecule has 0 aliphatic rings. The fourth-order valence-corrected chi connectivity index (χ4v) is 3.35. The monoisotopic (exact) mass is 476 g/mol. The number of hydrogen-bond donors (Lipinski definition) is 2. The fraction of sp³-hybridized carbons (Fsp3) is 0.217. The van der Waals surface area contributed by atoms with Crippen LogP contribution in [0.1, 0.15) is 36.8 Å². The van der Waals surface area contributed by atoms with Crippen LogP contribution in [-0.4, -0.2) is 50.1 Å². The Morgan fingerprint density at radius 2 is 1.83 bits per heavy atom. The lowest BCUT2D eigenvalue weighted by Gasteiger charge is -2.10. The van der Waals surface area contributed by atoms with Crippen LogP contribution in [0.2, 0.25) is 0 Å². The first-order valence-electron chi connectivity index (χ1n) is 10.9. The standard InChI is InChI=1S/C23H24N8O4/c1-4-33-16-12-10-15(11-13-16)20-19(26-30-31(20)22-21(24)28-35-29-22)23(32)27-25-14(3)17-8-6-7-9-18(17)34-5-2/h6-13H,4-5H2,1-3H3,(H2,24,28)(H,27,32)/b25-14-. The van der Waals surface area contributed by atoms with Crippen molar-refractivity contribution in [3.8, 4) is 28.6 Å². The minimum absolute atomic E-state index is 0.00422. The quantitative estimate of drug-likeness (QED) is 0.274. The molecule has 4 rings (SSSR count). The lowest BCUT2D eigenvalue weighted by Crippen LogP contribution is -2.21. The van der Waals surface area contributed by atoms with Crippen LogP contribution < -0.4 is 20.6 Å². The van der Waals surface area contributed by atoms with Gasteiger partial charge in [0.1, 0.15) is 17.2 Å². The van der Waals surface area contributed by atoms with Gasteiger partial charge in [0.2, 0.25) is 11.6 Å². The molecule has 0 unspecified atom stereocenters. The van der Waals surface area contributed by atoms with Crippen LogP contribution >= 0.6 is 0 Å². The summed E-state index contributed by atoms with van der Waals surface area (Å²) in [6.45, 7) is 6.59. The number of ether oxygens (including phenoxy) is 2. The number of nitrogens with two attached hydrogens (primary N) is 1. The van der Waals surface area contributed by atoms with Crippen LogP contribution in [0, 0.1) is 0 Å². The summed E-state index contributed by atoms with van der Waals surface area (Å²) < 4.78 is 17.1. The summed E-state index contributed by atoms with van der Waals surface area (Å²) in [5.74, 6) is 0.863. The average molecular weight is 476 g/mol. The summed E-state index contributed by atoms with van der Waals surface area (Å²) >= 11 is 0. The number of anilines is 1. The highest BCUT2D eigenvalue weighted by Gasteiger charge is 2.25. The largest absolute Gasteiger partial charge is 0.494 e. The van der Waals surface area contributed by atoms with Gasteiger partial charge in [-0.1, -0.05) is 17.3 Å². The highest BCUT2D eigenvalue weighted by atomic mass is 16.6. The zero-order valence-corrected chi connectivity index (χ0v) is 19.4. The number of nitrogen functional groups attached to an aromatic ring is 1. The molecular formula is C23H24N8O4. The van der Waals surface area contributed by atoms with E-state index in [1.807, 2.05) is 38.1 Å². The second kappa shape index (κ2) is 10.5. The lowest BCUT2D eigenvalue weighted by atomic mass is 10.1. The Labute approximate surface area is 200 Å². The Morgan fingerprint density at radius 1 is 1.09 bits per heavy atom. The van der Waals surface area contributed by atoms with Crippen molar-refractivity contribution in [3.05, 3.63) is 59.8 Å². The molecule has 2 aromatic heterocycles. The lowest BCUT2D eigenvalue weighted by molar-refractivity contribution is 0.0950. The summed E-state index contributed by atoms with van der Waals surface area (Å²) in [6, 6.07) is 14.5. The summed E-state index contributed by atoms with van der Waals surface area (Å²) in [4.78, 5) is 13.1. The number of nitrogens with one attached hydrogen (secondary N) is 1. The number of para-hydroxylation sites is 1. The molecular weight excluding hydrogens is 452 g/mol. The smallest absolute Gasteiger partial charge is 0.294 e. The van der Waals surface area contributed by atoms with Gasteiger partial charge in [0.05, 0.1) is 18.9 Å². The van der Waals surface area contributed by atoms with Crippen LogP contribution in [0.4, 0.5) is 5.82 Å². The molecule has 4 aromatic rings. The molecule has 0 radical (unpaired) electrons. The number of nitrogens with zero attached hydrogens (tertiary/aromatic N) is 6. The summed E-state index contributed by atoms with van der Waals surface area (Å²) in [5.41, 5.74) is 10.7. The molecule has 1 amide bonds. The van der Waals surface area contributed by atoms with Crippen LogP contribution in [0.15, 0.2) is 58.3 Å². The van der Waals surface area contributed by atoms with Gasteiger partial charge in [-0.05, 0) is 67.5 Å². The molecule has 0 aliphatic carbocycles. The van der Waals surface area contributed by atoms with E-state index in [1.165, 1.54) is 4.68 Å². The number of hydrazone groups is 1. The Kier molecular flexibility index (Phi) is 7.00. The summed E-state index contributed by atoms with van der Waals surface area (Å²) in [5, 5.41) is 19.7. The third-order valence-electron chi connectivity index (χ3n) is 4.92. The number of benzene rings is 2. The van der Waals surface area contributed by atoms with Crippen LogP contribution in [0.5, 0.6) is 11.5 Å². The summed E-state index contributed by atoms with van der Waals surface area (Å²) in [6.07, 6.45) is 0. The van der Waals surface area contributed by atoms with Gasteiger partial charge in [-0.15, -0.1) is 5.10 Å². The van der Waals surface area contributed by atoms with Crippen LogP contribution in [-0.2, 0) is 0 Å². The van der Waals surface area contributed by atoms with E-state index < -0.39 is 5.91 Å². The van der Waals surface area contributed by atoms with Crippen molar-refractivity contribution in [2.24, 2.45) is 5.10 Å². The van der Waals surface area contributed by atoms with E-state index in [4.69, 9.17) is 19.8 Å². The van der Waals surface area contributed by atoms with E-state index in [0.717, 1.165) is 5.56 Å². The van der Waals surface area contributed by atoms with Gasteiger partial charge in [0.15, 0.2) is 5.69 Å². The first-order chi connectivity index (χ1) is 17.0. The zero-order chi connectivity index (χ0) is 24.8. The highest BCUT2D eigenvalue weighted by Crippen LogP contribution is 2.28. The van der Waals surface area contributed by atoms with E-state index in [9.17, 15) is 4.79 Å². The predicted octanol–water partition coefficient (Wildman–Crippen LogP) is 2.85. The van der Waals surface area contributed by atoms with Crippen molar-refractivity contribution < 1.29 is 18.9 Å². The van der Waals surface area contributed by atoms with Gasteiger partial charge in [-0.3, -0.25) is 4.79 Å². The molecule has 35 heavy (non-hydrogen) atoms. The maximum Gasteiger partial charge on any atom is 0.294 e. The molecule has 180 valence electrons. The molecule has 0 spiro atoms. The zero-order valence-electron chi connectivity index (χ0n) is 19.4. The minimum Gasteiger partial charge on any atom is -0.494 e. The average Bonchev–Trinajstić information content (AvgIpc) is 3.49. The molecule has 0 bridgehead atoms. The molecule has 12 nitrogen and oxygen atoms in total. The van der Waals surface area contributed by atoms with Crippen molar-refractivity contribution in [2.75, 3.05) is 18.9 Å². The van der Waals surface area contributed by atoms with Gasteiger partial charge in [0, 0.05) is 11.1 Å². The van der Waals surface area contributed by atoms with Gasteiger partial charge in [-0.25, -0.2) is 10.1 Å². The Hall–Kier alpha value is -4.74. The first-order valence-corrected chi connectivity index (χ1v) is 10.9. The van der Waals surface area contributed by atoms with Crippen molar-refractivity contribution in [1.82, 2.24) is 30.7 Å². The maximum atomic E-state index is 13.1. The minimum atomic E-state index is -0.580. The van der Waals surface area contributed by atoms with E-state index >= 15 is 0 Å². The molecule has 0 atom stereocenters. The Morgan fingerprint density at radius 3 is 2.51 bits per heavy atom. The second-order valence-corrected chi connectivity index (χ2v) is 7.20. The molecule has 3 N–H and O–H groups in total. The molecule has 0 aliphatic heterocycles. The van der Waals surface area contributed by atoms with Crippen molar-refractivity contribution in [3.63, 3.8) is 0 Å². The second-order valence-electron chi connectivity index (χ2n) is 7.20. The summed E-state index contributed by atoms with van der Waals surface area (Å²) in [7, 11) is 0. The van der Waals surface area contributed by atoms with Crippen molar-refractivity contribution in [1.29, 1.82) is 0 Å².